The molecule has 19 heavy (non-hydrogen) atoms. The van der Waals surface area contributed by atoms with Crippen LogP contribution in [0.25, 0.3) is 0 Å². The smallest absolute Gasteiger partial charge is 0.269 e. The largest absolute Gasteiger partial charge is 0.350 e. The van der Waals surface area contributed by atoms with E-state index in [1.807, 2.05) is 6.07 Å². The van der Waals surface area contributed by atoms with Crippen LogP contribution in [0.3, 0.4) is 0 Å². The van der Waals surface area contributed by atoms with Crippen molar-refractivity contribution in [3.63, 3.8) is 0 Å². The van der Waals surface area contributed by atoms with Gasteiger partial charge in [-0.25, -0.2) is 0 Å². The molecule has 0 saturated carbocycles. The molecule has 4 nitrogen and oxygen atoms in total. The fourth-order valence-corrected chi connectivity index (χ4v) is 2.18. The molecule has 1 N–H and O–H groups in total. The van der Waals surface area contributed by atoms with Crippen LogP contribution in [0.15, 0.2) is 30.0 Å². The summed E-state index contributed by atoms with van der Waals surface area (Å²) in [7, 11) is 0. The van der Waals surface area contributed by atoms with Crippen molar-refractivity contribution in [1.29, 1.82) is 5.26 Å². The SMILES string of the molecule is N#Cc1ccnc(C(=O)NCCC2=CCCCC2)c1. The summed E-state index contributed by atoms with van der Waals surface area (Å²) in [5, 5.41) is 11.6. The zero-order chi connectivity index (χ0) is 13.5. The number of aromatic nitrogens is 1. The Morgan fingerprint density at radius 3 is 3.11 bits per heavy atom. The summed E-state index contributed by atoms with van der Waals surface area (Å²) in [6, 6.07) is 5.10. The second-order valence-corrected chi connectivity index (χ2v) is 4.66. The predicted molar refractivity (Wildman–Crippen MR) is 72.5 cm³/mol. The minimum atomic E-state index is -0.214. The van der Waals surface area contributed by atoms with Crippen LogP contribution in [-0.2, 0) is 0 Å². The Morgan fingerprint density at radius 1 is 1.47 bits per heavy atom. The van der Waals surface area contributed by atoms with E-state index >= 15 is 0 Å². The Bertz CT molecular complexity index is 528. The molecule has 0 bridgehead atoms. The van der Waals surface area contributed by atoms with Crippen LogP contribution >= 0.6 is 0 Å². The van der Waals surface area contributed by atoms with Gasteiger partial charge in [0.15, 0.2) is 0 Å². The van der Waals surface area contributed by atoms with Crippen molar-refractivity contribution < 1.29 is 4.79 Å². The number of rotatable bonds is 4. The van der Waals surface area contributed by atoms with Gasteiger partial charge < -0.3 is 5.32 Å². The lowest BCUT2D eigenvalue weighted by Crippen LogP contribution is -2.25. The molecule has 0 aliphatic heterocycles. The van der Waals surface area contributed by atoms with Crippen molar-refractivity contribution in [2.24, 2.45) is 0 Å². The minimum Gasteiger partial charge on any atom is -0.350 e. The third kappa shape index (κ3) is 3.92. The van der Waals surface area contributed by atoms with Crippen molar-refractivity contribution >= 4 is 5.91 Å². The first-order chi connectivity index (χ1) is 9.29. The van der Waals surface area contributed by atoms with Gasteiger partial charge >= 0.3 is 0 Å². The highest BCUT2D eigenvalue weighted by atomic mass is 16.1. The molecule has 0 fully saturated rings. The number of allylic oxidation sites excluding steroid dienone is 1. The molecule has 1 aromatic heterocycles. The van der Waals surface area contributed by atoms with Crippen LogP contribution in [0, 0.1) is 11.3 Å². The van der Waals surface area contributed by atoms with Gasteiger partial charge in [-0.3, -0.25) is 9.78 Å². The van der Waals surface area contributed by atoms with E-state index in [9.17, 15) is 4.79 Å². The Kier molecular flexibility index (Phi) is 4.68. The topological polar surface area (TPSA) is 65.8 Å². The maximum Gasteiger partial charge on any atom is 0.269 e. The summed E-state index contributed by atoms with van der Waals surface area (Å²) in [5.74, 6) is -0.214. The minimum absolute atomic E-state index is 0.214. The van der Waals surface area contributed by atoms with Crippen LogP contribution in [0.1, 0.15) is 48.2 Å². The summed E-state index contributed by atoms with van der Waals surface area (Å²) in [5.41, 5.74) is 2.19. The molecule has 1 aromatic rings. The number of carbonyl (C=O) groups is 1. The second-order valence-electron chi connectivity index (χ2n) is 4.66. The molecule has 1 heterocycles. The van der Waals surface area contributed by atoms with Gasteiger partial charge in [-0.05, 0) is 44.2 Å². The Morgan fingerprint density at radius 2 is 2.37 bits per heavy atom. The van der Waals surface area contributed by atoms with Gasteiger partial charge in [0.25, 0.3) is 5.91 Å². The fourth-order valence-electron chi connectivity index (χ4n) is 2.18. The molecular weight excluding hydrogens is 238 g/mol. The summed E-state index contributed by atoms with van der Waals surface area (Å²) in [6.07, 6.45) is 9.52. The first-order valence-electron chi connectivity index (χ1n) is 6.62. The Hall–Kier alpha value is -2.15. The molecule has 1 aliphatic rings. The van der Waals surface area contributed by atoms with Crippen molar-refractivity contribution in [2.75, 3.05) is 6.54 Å². The van der Waals surface area contributed by atoms with Crippen molar-refractivity contribution in [3.05, 3.63) is 41.2 Å². The van der Waals surface area contributed by atoms with Crippen molar-refractivity contribution in [1.82, 2.24) is 10.3 Å². The second kappa shape index (κ2) is 6.69. The number of nitrogens with one attached hydrogen (secondary N) is 1. The van der Waals surface area contributed by atoms with Gasteiger partial charge in [-0.1, -0.05) is 11.6 Å². The summed E-state index contributed by atoms with van der Waals surface area (Å²) < 4.78 is 0. The number of carbonyl (C=O) groups excluding carboxylic acids is 1. The zero-order valence-electron chi connectivity index (χ0n) is 10.9. The van der Waals surface area contributed by atoms with Crippen LogP contribution in [-0.4, -0.2) is 17.4 Å². The average Bonchev–Trinajstić information content (AvgIpc) is 2.48. The molecule has 0 radical (unpaired) electrons. The van der Waals surface area contributed by atoms with Gasteiger partial charge in [0.05, 0.1) is 11.6 Å². The number of amides is 1. The molecule has 1 aliphatic carbocycles. The maximum absolute atomic E-state index is 11.9. The molecule has 0 aromatic carbocycles. The Labute approximate surface area is 113 Å². The van der Waals surface area contributed by atoms with E-state index in [0.717, 1.165) is 19.3 Å². The molecule has 98 valence electrons. The molecule has 0 saturated heterocycles. The molecule has 0 unspecified atom stereocenters. The maximum atomic E-state index is 11.9. The number of nitrogens with zero attached hydrogens (tertiary/aromatic N) is 2. The first kappa shape index (κ1) is 13.3. The van der Waals surface area contributed by atoms with E-state index in [-0.39, 0.29) is 5.91 Å². The van der Waals surface area contributed by atoms with Gasteiger partial charge in [0.1, 0.15) is 5.69 Å². The first-order valence-corrected chi connectivity index (χ1v) is 6.62. The number of nitriles is 1. The van der Waals surface area contributed by atoms with E-state index in [1.54, 1.807) is 6.07 Å². The molecule has 0 spiro atoms. The number of hydrogen-bond acceptors (Lipinski definition) is 3. The fraction of sp³-hybridized carbons (Fsp3) is 0.400. The van der Waals surface area contributed by atoms with Crippen LogP contribution in [0.5, 0.6) is 0 Å². The van der Waals surface area contributed by atoms with Gasteiger partial charge in [-0.15, -0.1) is 0 Å². The van der Waals surface area contributed by atoms with Gasteiger partial charge in [0, 0.05) is 12.7 Å². The van der Waals surface area contributed by atoms with Crippen LogP contribution in [0.4, 0.5) is 0 Å². The third-order valence-corrected chi connectivity index (χ3v) is 3.24. The standard InChI is InChI=1S/C15H17N3O/c16-11-13-7-8-17-14(10-13)15(19)18-9-6-12-4-2-1-3-5-12/h4,7-8,10H,1-3,5-6,9H2,(H,18,19). The van der Waals surface area contributed by atoms with Crippen LogP contribution < -0.4 is 5.32 Å². The normalized spacial score (nSPS) is 14.4. The molecule has 2 rings (SSSR count). The molecular formula is C15H17N3O. The summed E-state index contributed by atoms with van der Waals surface area (Å²) in [6.45, 7) is 0.628. The zero-order valence-corrected chi connectivity index (χ0v) is 10.9. The van der Waals surface area contributed by atoms with Crippen molar-refractivity contribution in [3.8, 4) is 6.07 Å². The third-order valence-electron chi connectivity index (χ3n) is 3.24. The van der Waals surface area contributed by atoms with E-state index in [4.69, 9.17) is 5.26 Å². The lowest BCUT2D eigenvalue weighted by molar-refractivity contribution is 0.0949. The molecule has 4 heteroatoms. The summed E-state index contributed by atoms with van der Waals surface area (Å²) >= 11 is 0. The summed E-state index contributed by atoms with van der Waals surface area (Å²) in [4.78, 5) is 15.8. The highest BCUT2D eigenvalue weighted by Crippen LogP contribution is 2.19. The van der Waals surface area contributed by atoms with Gasteiger partial charge in [-0.2, -0.15) is 5.26 Å². The van der Waals surface area contributed by atoms with Crippen molar-refractivity contribution in [2.45, 2.75) is 32.1 Å². The Balaban J connectivity index is 1.84. The van der Waals surface area contributed by atoms with E-state index < -0.39 is 0 Å². The highest BCUT2D eigenvalue weighted by Gasteiger charge is 2.08. The lowest BCUT2D eigenvalue weighted by atomic mass is 9.97. The van der Waals surface area contributed by atoms with E-state index in [2.05, 4.69) is 16.4 Å². The van der Waals surface area contributed by atoms with E-state index in [0.29, 0.717) is 17.8 Å². The predicted octanol–water partition coefficient (Wildman–Crippen LogP) is 2.57. The molecule has 1 amide bonds. The average molecular weight is 255 g/mol. The lowest BCUT2D eigenvalue weighted by Gasteiger charge is -2.12. The van der Waals surface area contributed by atoms with Crippen LogP contribution in [0.2, 0.25) is 0 Å². The van der Waals surface area contributed by atoms with Gasteiger partial charge in [0.2, 0.25) is 0 Å². The number of hydrogen-bond donors (Lipinski definition) is 1. The highest BCUT2D eigenvalue weighted by molar-refractivity contribution is 5.92. The number of pyridine rings is 1. The molecule has 0 atom stereocenters. The quantitative estimate of drug-likeness (QED) is 0.841. The van der Waals surface area contributed by atoms with E-state index in [1.165, 1.54) is 30.7 Å². The monoisotopic (exact) mass is 255 g/mol.